The number of benzene rings is 5. The zero-order valence-corrected chi connectivity index (χ0v) is 21.5. The van der Waals surface area contributed by atoms with Gasteiger partial charge in [0, 0.05) is 0 Å². The van der Waals surface area contributed by atoms with E-state index in [0.29, 0.717) is 11.3 Å². The molecule has 1 aromatic heterocycles. The molecule has 5 heteroatoms. The van der Waals surface area contributed by atoms with Gasteiger partial charge in [0.15, 0.2) is 0 Å². The fraction of sp³-hybridized carbons (Fsp3) is 0. The van der Waals surface area contributed by atoms with E-state index in [1.54, 1.807) is 11.3 Å². The number of aromatic nitrogens is 1. The Balaban J connectivity index is 1.40. The average Bonchev–Trinajstić information content (AvgIpc) is 3.39. The number of carbonyl (C=O) groups is 1. The number of thiazole rings is 1. The zero-order chi connectivity index (χ0) is 25.0. The van der Waals surface area contributed by atoms with Crippen LogP contribution in [0.4, 0.5) is 0 Å². The molecule has 37 heavy (non-hydrogen) atoms. The average molecular weight is 516 g/mol. The maximum Gasteiger partial charge on any atom is 0.344 e. The lowest BCUT2D eigenvalue weighted by Crippen LogP contribution is -2.26. The van der Waals surface area contributed by atoms with E-state index in [2.05, 4.69) is 30.3 Å². The van der Waals surface area contributed by atoms with Crippen molar-refractivity contribution < 1.29 is 9.53 Å². The number of carbonyl (C=O) groups excluding carboxylic acids is 1. The molecule has 0 fully saturated rings. The van der Waals surface area contributed by atoms with E-state index in [0.717, 1.165) is 26.1 Å². The third kappa shape index (κ3) is 4.82. The molecule has 0 amide bonds. The monoisotopic (exact) mass is 515 g/mol. The Bertz CT molecular complexity index is 1610. The number of nitrogens with zero attached hydrogens (tertiary/aromatic N) is 1. The molecular formula is C32H22NO2PS. The number of para-hydroxylation sites is 2. The van der Waals surface area contributed by atoms with Crippen LogP contribution in [-0.2, 0) is 0 Å². The Morgan fingerprint density at radius 3 is 1.97 bits per heavy atom. The largest absolute Gasteiger partial charge is 0.422 e. The molecule has 6 rings (SSSR count). The summed E-state index contributed by atoms with van der Waals surface area (Å²) >= 11 is 1.59. The fourth-order valence-corrected chi connectivity index (χ4v) is 7.73. The predicted molar refractivity (Wildman–Crippen MR) is 155 cm³/mol. The predicted octanol–water partition coefficient (Wildman–Crippen LogP) is 6.94. The first-order chi connectivity index (χ1) is 18.3. The van der Waals surface area contributed by atoms with Crippen LogP contribution in [-0.4, -0.2) is 11.0 Å². The van der Waals surface area contributed by atoms with Crippen LogP contribution in [0.3, 0.4) is 0 Å². The molecule has 0 aliphatic carbocycles. The molecule has 0 unspecified atom stereocenters. The van der Waals surface area contributed by atoms with Gasteiger partial charge < -0.3 is 4.74 Å². The number of hydrogen-bond donors (Lipinski definition) is 0. The normalized spacial score (nSPS) is 11.1. The number of ether oxygens (including phenoxy) is 1. The van der Waals surface area contributed by atoms with Gasteiger partial charge in [-0.1, -0.05) is 103 Å². The molecule has 0 atom stereocenters. The standard InChI is InChI=1S/C32H22NO2PS/c34-32(35-28-20-10-7-17-25(28)31-33-27-19-9-12-22-30(27)37-31)26-18-8-11-21-29(26)36(23-13-3-1-4-14-23)24-15-5-2-6-16-24/h1-22H. The van der Waals surface area contributed by atoms with Crippen molar-refractivity contribution in [2.45, 2.75) is 0 Å². The van der Waals surface area contributed by atoms with E-state index in [-0.39, 0.29) is 5.97 Å². The van der Waals surface area contributed by atoms with Crippen molar-refractivity contribution >= 4 is 51.4 Å². The summed E-state index contributed by atoms with van der Waals surface area (Å²) in [6, 6.07) is 44.1. The van der Waals surface area contributed by atoms with Gasteiger partial charge in [-0.2, -0.15) is 0 Å². The fourth-order valence-electron chi connectivity index (χ4n) is 4.30. The number of esters is 1. The summed E-state index contributed by atoms with van der Waals surface area (Å²) < 4.78 is 7.18. The number of hydrogen-bond acceptors (Lipinski definition) is 4. The van der Waals surface area contributed by atoms with Crippen molar-refractivity contribution in [1.82, 2.24) is 4.98 Å². The van der Waals surface area contributed by atoms with Gasteiger partial charge in [-0.3, -0.25) is 0 Å². The van der Waals surface area contributed by atoms with Crippen molar-refractivity contribution in [3.63, 3.8) is 0 Å². The smallest absolute Gasteiger partial charge is 0.344 e. The highest BCUT2D eigenvalue weighted by molar-refractivity contribution is 7.80. The van der Waals surface area contributed by atoms with Crippen molar-refractivity contribution in [3.05, 3.63) is 139 Å². The minimum atomic E-state index is -0.950. The highest BCUT2D eigenvalue weighted by atomic mass is 32.1. The van der Waals surface area contributed by atoms with E-state index in [1.807, 2.05) is 103 Å². The lowest BCUT2D eigenvalue weighted by molar-refractivity contribution is 0.0737. The molecule has 0 saturated carbocycles. The topological polar surface area (TPSA) is 39.2 Å². The minimum absolute atomic E-state index is 0.372. The molecule has 0 N–H and O–H groups in total. The van der Waals surface area contributed by atoms with Crippen LogP contribution < -0.4 is 20.7 Å². The van der Waals surface area contributed by atoms with E-state index in [4.69, 9.17) is 9.72 Å². The Morgan fingerprint density at radius 2 is 1.24 bits per heavy atom. The third-order valence-electron chi connectivity index (χ3n) is 6.01. The molecule has 1 heterocycles. The quantitative estimate of drug-likeness (QED) is 0.137. The van der Waals surface area contributed by atoms with Gasteiger partial charge in [0.05, 0.1) is 21.3 Å². The first-order valence-corrected chi connectivity index (χ1v) is 14.1. The second kappa shape index (κ2) is 10.5. The molecule has 0 aliphatic rings. The number of rotatable bonds is 6. The minimum Gasteiger partial charge on any atom is -0.422 e. The molecule has 0 radical (unpaired) electrons. The van der Waals surface area contributed by atoms with Gasteiger partial charge >= 0.3 is 5.97 Å². The van der Waals surface area contributed by atoms with E-state index in [1.165, 1.54) is 10.6 Å². The highest BCUT2D eigenvalue weighted by Gasteiger charge is 2.24. The van der Waals surface area contributed by atoms with Gasteiger partial charge in [0.25, 0.3) is 0 Å². The first kappa shape index (κ1) is 23.3. The molecule has 178 valence electrons. The maximum atomic E-state index is 13.7. The van der Waals surface area contributed by atoms with E-state index < -0.39 is 7.92 Å². The molecule has 3 nitrogen and oxygen atoms in total. The van der Waals surface area contributed by atoms with Crippen LogP contribution in [0.15, 0.2) is 133 Å². The van der Waals surface area contributed by atoms with E-state index >= 15 is 0 Å². The van der Waals surface area contributed by atoms with Gasteiger partial charge in [-0.25, -0.2) is 9.78 Å². The Hall–Kier alpha value is -4.11. The van der Waals surface area contributed by atoms with Crippen molar-refractivity contribution in [2.75, 3.05) is 0 Å². The molecule has 0 aliphatic heterocycles. The van der Waals surface area contributed by atoms with Crippen LogP contribution in [0.25, 0.3) is 20.8 Å². The summed E-state index contributed by atoms with van der Waals surface area (Å²) in [5, 5.41) is 4.16. The third-order valence-corrected chi connectivity index (χ3v) is 9.58. The lowest BCUT2D eigenvalue weighted by atomic mass is 10.2. The first-order valence-electron chi connectivity index (χ1n) is 11.9. The lowest BCUT2D eigenvalue weighted by Gasteiger charge is -2.21. The Labute approximate surface area is 220 Å². The van der Waals surface area contributed by atoms with Crippen LogP contribution in [0, 0.1) is 0 Å². The van der Waals surface area contributed by atoms with Gasteiger partial charge in [0.2, 0.25) is 0 Å². The molecular weight excluding hydrogens is 493 g/mol. The van der Waals surface area contributed by atoms with Crippen LogP contribution in [0.2, 0.25) is 0 Å². The Morgan fingerprint density at radius 1 is 0.649 bits per heavy atom. The summed E-state index contributed by atoms with van der Waals surface area (Å²) in [4.78, 5) is 18.5. The van der Waals surface area contributed by atoms with Crippen molar-refractivity contribution in [2.24, 2.45) is 0 Å². The van der Waals surface area contributed by atoms with Gasteiger partial charge in [0.1, 0.15) is 10.8 Å². The van der Waals surface area contributed by atoms with Gasteiger partial charge in [-0.15, -0.1) is 11.3 Å². The molecule has 6 aromatic rings. The Kier molecular flexibility index (Phi) is 6.60. The molecule has 0 spiro atoms. The van der Waals surface area contributed by atoms with Crippen molar-refractivity contribution in [1.29, 1.82) is 0 Å². The molecule has 5 aromatic carbocycles. The number of fused-ring (bicyclic) bond motifs is 1. The zero-order valence-electron chi connectivity index (χ0n) is 19.8. The second-order valence-corrected chi connectivity index (χ2v) is 11.6. The van der Waals surface area contributed by atoms with E-state index in [9.17, 15) is 4.79 Å². The summed E-state index contributed by atoms with van der Waals surface area (Å²) in [5.41, 5.74) is 2.31. The SMILES string of the molecule is O=C(Oc1ccccc1-c1nc2ccccc2s1)c1ccccc1P(c1ccccc1)c1ccccc1. The van der Waals surface area contributed by atoms with Crippen LogP contribution in [0.5, 0.6) is 5.75 Å². The van der Waals surface area contributed by atoms with Gasteiger partial charge in [-0.05, 0) is 54.2 Å². The maximum absolute atomic E-state index is 13.7. The second-order valence-electron chi connectivity index (χ2n) is 8.40. The van der Waals surface area contributed by atoms with Crippen LogP contribution >= 0.6 is 19.3 Å². The van der Waals surface area contributed by atoms with Crippen molar-refractivity contribution in [3.8, 4) is 16.3 Å². The summed E-state index contributed by atoms with van der Waals surface area (Å²) in [5.74, 6) is 0.133. The summed E-state index contributed by atoms with van der Waals surface area (Å²) in [6.45, 7) is 0. The summed E-state index contributed by atoms with van der Waals surface area (Å²) in [6.07, 6.45) is 0. The molecule has 0 bridgehead atoms. The highest BCUT2D eigenvalue weighted by Crippen LogP contribution is 2.37. The van der Waals surface area contributed by atoms with Crippen LogP contribution in [0.1, 0.15) is 10.4 Å². The molecule has 0 saturated heterocycles. The summed E-state index contributed by atoms with van der Waals surface area (Å²) in [7, 11) is -0.950.